The number of nitrogens with zero attached hydrogens (tertiary/aromatic N) is 4. The second kappa shape index (κ2) is 5.80. The predicted octanol–water partition coefficient (Wildman–Crippen LogP) is 2.26. The zero-order valence-corrected chi connectivity index (χ0v) is 13.1. The zero-order chi connectivity index (χ0) is 17.6. The fraction of sp³-hybridized carbons (Fsp3) is 0.235. The SMILES string of the molecule is NC(=O)c1cnn2ccc(N3CC(F)CC3c3cccc(F)c3)nc12. The van der Waals surface area contributed by atoms with Crippen molar-refractivity contribution < 1.29 is 13.6 Å². The highest BCUT2D eigenvalue weighted by Gasteiger charge is 2.34. The molecule has 3 aromatic rings. The highest BCUT2D eigenvalue weighted by atomic mass is 19.1. The highest BCUT2D eigenvalue weighted by molar-refractivity contribution is 5.98. The molecule has 2 aromatic heterocycles. The summed E-state index contributed by atoms with van der Waals surface area (Å²) in [5.41, 5.74) is 6.53. The van der Waals surface area contributed by atoms with E-state index in [1.807, 2.05) is 0 Å². The Morgan fingerprint density at radius 2 is 2.16 bits per heavy atom. The molecule has 1 fully saturated rings. The van der Waals surface area contributed by atoms with E-state index in [0.717, 1.165) is 0 Å². The van der Waals surface area contributed by atoms with Crippen molar-refractivity contribution in [1.29, 1.82) is 0 Å². The fourth-order valence-corrected chi connectivity index (χ4v) is 3.26. The van der Waals surface area contributed by atoms with Crippen LogP contribution in [0.1, 0.15) is 28.4 Å². The Bertz CT molecular complexity index is 957. The average Bonchev–Trinajstić information content (AvgIpc) is 3.17. The molecule has 1 saturated heterocycles. The smallest absolute Gasteiger partial charge is 0.254 e. The van der Waals surface area contributed by atoms with Crippen LogP contribution in [0.25, 0.3) is 5.65 Å². The van der Waals surface area contributed by atoms with Gasteiger partial charge in [0.2, 0.25) is 0 Å². The Balaban J connectivity index is 1.77. The number of nitrogens with two attached hydrogens (primary N) is 1. The lowest BCUT2D eigenvalue weighted by atomic mass is 10.0. The number of benzene rings is 1. The predicted molar refractivity (Wildman–Crippen MR) is 87.5 cm³/mol. The largest absolute Gasteiger partial charge is 0.365 e. The van der Waals surface area contributed by atoms with Gasteiger partial charge in [-0.15, -0.1) is 0 Å². The summed E-state index contributed by atoms with van der Waals surface area (Å²) < 4.78 is 29.1. The molecule has 0 spiro atoms. The van der Waals surface area contributed by atoms with E-state index in [-0.39, 0.29) is 30.4 Å². The van der Waals surface area contributed by atoms with Gasteiger partial charge in [0, 0.05) is 12.6 Å². The second-order valence-corrected chi connectivity index (χ2v) is 6.03. The van der Waals surface area contributed by atoms with Gasteiger partial charge in [-0.1, -0.05) is 12.1 Å². The maximum atomic E-state index is 14.1. The van der Waals surface area contributed by atoms with E-state index in [9.17, 15) is 13.6 Å². The summed E-state index contributed by atoms with van der Waals surface area (Å²) >= 11 is 0. The first-order chi connectivity index (χ1) is 12.0. The van der Waals surface area contributed by atoms with E-state index in [4.69, 9.17) is 5.73 Å². The lowest BCUT2D eigenvalue weighted by Crippen LogP contribution is -2.25. The van der Waals surface area contributed by atoms with E-state index in [0.29, 0.717) is 17.0 Å². The molecule has 128 valence electrons. The van der Waals surface area contributed by atoms with Gasteiger partial charge in [-0.2, -0.15) is 5.10 Å². The van der Waals surface area contributed by atoms with E-state index < -0.39 is 12.1 Å². The molecule has 3 heterocycles. The molecule has 2 atom stereocenters. The van der Waals surface area contributed by atoms with E-state index in [1.165, 1.54) is 22.8 Å². The van der Waals surface area contributed by atoms with Gasteiger partial charge < -0.3 is 10.6 Å². The standard InChI is InChI=1S/C17H15F2N5O/c18-11-3-1-2-10(6-11)14-7-12(19)9-23(14)15-4-5-24-17(22-15)13(8-21-24)16(20)25/h1-6,8,12,14H,7,9H2,(H2,20,25). The maximum Gasteiger partial charge on any atom is 0.254 e. The van der Waals surface area contributed by atoms with Gasteiger partial charge in [0.25, 0.3) is 5.91 Å². The first-order valence-corrected chi connectivity index (χ1v) is 7.83. The quantitative estimate of drug-likeness (QED) is 0.791. The minimum atomic E-state index is -1.05. The van der Waals surface area contributed by atoms with Crippen LogP contribution in [0.3, 0.4) is 0 Å². The van der Waals surface area contributed by atoms with Crippen molar-refractivity contribution in [3.8, 4) is 0 Å². The summed E-state index contributed by atoms with van der Waals surface area (Å²) in [7, 11) is 0. The number of rotatable bonds is 3. The Morgan fingerprint density at radius 1 is 1.32 bits per heavy atom. The number of primary amides is 1. The Morgan fingerprint density at radius 3 is 2.92 bits per heavy atom. The van der Waals surface area contributed by atoms with Crippen LogP contribution in [0.2, 0.25) is 0 Å². The summed E-state index contributed by atoms with van der Waals surface area (Å²) in [6.45, 7) is 0.143. The van der Waals surface area contributed by atoms with Crippen LogP contribution < -0.4 is 10.6 Å². The summed E-state index contributed by atoms with van der Waals surface area (Å²) in [6, 6.07) is 7.49. The third-order valence-electron chi connectivity index (χ3n) is 4.40. The molecule has 1 aromatic carbocycles. The lowest BCUT2D eigenvalue weighted by Gasteiger charge is -2.25. The number of halogens is 2. The summed E-state index contributed by atoms with van der Waals surface area (Å²) in [5, 5.41) is 4.02. The Kier molecular flexibility index (Phi) is 3.60. The van der Waals surface area contributed by atoms with Crippen molar-refractivity contribution >= 4 is 17.4 Å². The van der Waals surface area contributed by atoms with E-state index >= 15 is 0 Å². The summed E-state index contributed by atoms with van der Waals surface area (Å²) in [4.78, 5) is 17.7. The molecular weight excluding hydrogens is 328 g/mol. The molecule has 0 saturated carbocycles. The van der Waals surface area contributed by atoms with Crippen LogP contribution in [0.5, 0.6) is 0 Å². The van der Waals surface area contributed by atoms with Gasteiger partial charge >= 0.3 is 0 Å². The molecule has 4 rings (SSSR count). The number of alkyl halides is 1. The zero-order valence-electron chi connectivity index (χ0n) is 13.1. The monoisotopic (exact) mass is 343 g/mol. The third kappa shape index (κ3) is 2.69. The van der Waals surface area contributed by atoms with Crippen molar-refractivity contribution in [1.82, 2.24) is 14.6 Å². The van der Waals surface area contributed by atoms with Gasteiger partial charge in [0.15, 0.2) is 5.65 Å². The topological polar surface area (TPSA) is 76.5 Å². The molecule has 2 unspecified atom stereocenters. The first-order valence-electron chi connectivity index (χ1n) is 7.83. The average molecular weight is 343 g/mol. The van der Waals surface area contributed by atoms with Gasteiger partial charge in [0.1, 0.15) is 23.4 Å². The van der Waals surface area contributed by atoms with Crippen molar-refractivity contribution in [3.05, 3.63) is 59.7 Å². The molecule has 25 heavy (non-hydrogen) atoms. The molecular formula is C17H15F2N5O. The first kappa shape index (κ1) is 15.5. The number of hydrogen-bond donors (Lipinski definition) is 1. The number of hydrogen-bond acceptors (Lipinski definition) is 4. The van der Waals surface area contributed by atoms with Crippen molar-refractivity contribution in [3.63, 3.8) is 0 Å². The summed E-state index contributed by atoms with van der Waals surface area (Å²) in [6.07, 6.45) is 2.18. The normalized spacial score (nSPS) is 20.3. The number of fused-ring (bicyclic) bond motifs is 1. The van der Waals surface area contributed by atoms with Crippen molar-refractivity contribution in [2.75, 3.05) is 11.4 Å². The van der Waals surface area contributed by atoms with Crippen LogP contribution >= 0.6 is 0 Å². The van der Waals surface area contributed by atoms with Gasteiger partial charge in [0.05, 0.1) is 18.8 Å². The molecule has 6 nitrogen and oxygen atoms in total. The van der Waals surface area contributed by atoms with Crippen molar-refractivity contribution in [2.24, 2.45) is 5.73 Å². The summed E-state index contributed by atoms with van der Waals surface area (Å²) in [5.74, 6) is -0.508. The second-order valence-electron chi connectivity index (χ2n) is 6.03. The number of anilines is 1. The number of carbonyl (C=O) groups excluding carboxylic acids is 1. The molecule has 8 heteroatoms. The number of aromatic nitrogens is 3. The van der Waals surface area contributed by atoms with Crippen LogP contribution in [0.15, 0.2) is 42.7 Å². The Labute approximate surface area is 141 Å². The van der Waals surface area contributed by atoms with Gasteiger partial charge in [-0.3, -0.25) is 4.79 Å². The van der Waals surface area contributed by atoms with Crippen LogP contribution in [0, 0.1) is 5.82 Å². The van der Waals surface area contributed by atoms with Gasteiger partial charge in [-0.25, -0.2) is 18.3 Å². The van der Waals surface area contributed by atoms with Crippen LogP contribution in [0.4, 0.5) is 14.6 Å². The fourth-order valence-electron chi connectivity index (χ4n) is 3.26. The van der Waals surface area contributed by atoms with E-state index in [2.05, 4.69) is 10.1 Å². The maximum absolute atomic E-state index is 14.1. The van der Waals surface area contributed by atoms with Gasteiger partial charge in [-0.05, 0) is 23.8 Å². The molecule has 0 aliphatic carbocycles. The molecule has 1 aliphatic heterocycles. The molecule has 0 bridgehead atoms. The molecule has 1 aliphatic rings. The van der Waals surface area contributed by atoms with Crippen molar-refractivity contribution in [2.45, 2.75) is 18.6 Å². The molecule has 2 N–H and O–H groups in total. The number of amides is 1. The minimum absolute atomic E-state index is 0.143. The Hall–Kier alpha value is -3.03. The molecule has 1 amide bonds. The van der Waals surface area contributed by atoms with E-state index in [1.54, 1.807) is 29.3 Å². The minimum Gasteiger partial charge on any atom is -0.365 e. The molecule has 0 radical (unpaired) electrons. The number of carbonyl (C=O) groups is 1. The van der Waals surface area contributed by atoms with Crippen LogP contribution in [-0.4, -0.2) is 33.2 Å². The highest BCUT2D eigenvalue weighted by Crippen LogP contribution is 2.37. The lowest BCUT2D eigenvalue weighted by molar-refractivity contribution is 0.100. The third-order valence-corrected chi connectivity index (χ3v) is 4.40. The van der Waals surface area contributed by atoms with Crippen LogP contribution in [-0.2, 0) is 0 Å².